The van der Waals surface area contributed by atoms with Gasteiger partial charge in [-0.1, -0.05) is 0 Å². The van der Waals surface area contributed by atoms with E-state index in [9.17, 15) is 5.11 Å². The Morgan fingerprint density at radius 2 is 1.75 bits per heavy atom. The van der Waals surface area contributed by atoms with Gasteiger partial charge in [0.2, 0.25) is 0 Å². The summed E-state index contributed by atoms with van der Waals surface area (Å²) in [5.74, 6) is 0. The first kappa shape index (κ1) is 12.2. The first-order valence-electron chi connectivity index (χ1n) is 5.49. The van der Waals surface area contributed by atoms with Crippen molar-refractivity contribution in [3.8, 4) is 0 Å². The maximum Gasteiger partial charge on any atom is 0.187 e. The van der Waals surface area contributed by atoms with Crippen LogP contribution in [0.1, 0.15) is 0 Å². The quantitative estimate of drug-likeness (QED) is 0.676. The van der Waals surface area contributed by atoms with Gasteiger partial charge in [0, 0.05) is 27.3 Å². The molecule has 0 radical (unpaired) electrons. The highest BCUT2D eigenvalue weighted by Gasteiger charge is 2.47. The van der Waals surface area contributed by atoms with E-state index >= 15 is 0 Å². The zero-order chi connectivity index (χ0) is 11.5. The monoisotopic (exact) mass is 233 g/mol. The average molecular weight is 233 g/mol. The summed E-state index contributed by atoms with van der Waals surface area (Å²) in [6.45, 7) is 2.91. The normalized spacial score (nSPS) is 41.4. The number of aliphatic hydroxyl groups is 1. The van der Waals surface area contributed by atoms with Crippen LogP contribution in [0, 0.1) is 0 Å². The molecule has 2 aliphatic rings. The minimum atomic E-state index is -0.687. The molecule has 0 saturated carbocycles. The summed E-state index contributed by atoms with van der Waals surface area (Å²) in [5.41, 5.74) is 0. The molecular weight excluding hydrogens is 214 g/mol. The highest BCUT2D eigenvalue weighted by atomic mass is 16.8. The topological polar surface area (TPSA) is 60.4 Å². The SMILES string of the molecule is COC1OC(OC)C(N2CCOCC2)C1O. The summed E-state index contributed by atoms with van der Waals surface area (Å²) in [6, 6.07) is -0.182. The Kier molecular flexibility index (Phi) is 4.12. The smallest absolute Gasteiger partial charge is 0.187 e. The number of methoxy groups -OCH3 is 2. The van der Waals surface area contributed by atoms with Gasteiger partial charge in [-0.25, -0.2) is 0 Å². The third-order valence-corrected chi connectivity index (χ3v) is 3.11. The van der Waals surface area contributed by atoms with Gasteiger partial charge < -0.3 is 24.1 Å². The van der Waals surface area contributed by atoms with Crippen molar-refractivity contribution in [2.45, 2.75) is 24.7 Å². The number of ether oxygens (including phenoxy) is 4. The fourth-order valence-corrected chi connectivity index (χ4v) is 2.27. The number of hydrogen-bond donors (Lipinski definition) is 1. The molecule has 0 amide bonds. The Morgan fingerprint density at radius 3 is 2.31 bits per heavy atom. The highest BCUT2D eigenvalue weighted by Crippen LogP contribution is 2.27. The molecule has 0 aliphatic carbocycles. The van der Waals surface area contributed by atoms with Crippen molar-refractivity contribution in [3.05, 3.63) is 0 Å². The molecule has 4 atom stereocenters. The van der Waals surface area contributed by atoms with Crippen LogP contribution in [0.3, 0.4) is 0 Å². The van der Waals surface area contributed by atoms with Crippen molar-refractivity contribution < 1.29 is 24.1 Å². The molecule has 4 unspecified atom stereocenters. The lowest BCUT2D eigenvalue weighted by atomic mass is 10.1. The second-order valence-electron chi connectivity index (χ2n) is 3.97. The molecular formula is C10H19NO5. The van der Waals surface area contributed by atoms with E-state index in [1.807, 2.05) is 0 Å². The van der Waals surface area contributed by atoms with E-state index in [0.29, 0.717) is 13.2 Å². The van der Waals surface area contributed by atoms with E-state index in [2.05, 4.69) is 4.90 Å². The number of rotatable bonds is 3. The number of morpholine rings is 1. The second-order valence-corrected chi connectivity index (χ2v) is 3.97. The molecule has 0 spiro atoms. The first-order valence-corrected chi connectivity index (χ1v) is 5.49. The zero-order valence-corrected chi connectivity index (χ0v) is 9.67. The molecule has 0 aromatic heterocycles. The van der Waals surface area contributed by atoms with Gasteiger partial charge in [-0.15, -0.1) is 0 Å². The molecule has 0 aromatic carbocycles. The average Bonchev–Trinajstić information content (AvgIpc) is 2.66. The van der Waals surface area contributed by atoms with E-state index < -0.39 is 18.7 Å². The summed E-state index contributed by atoms with van der Waals surface area (Å²) in [6.07, 6.45) is -1.75. The van der Waals surface area contributed by atoms with Gasteiger partial charge in [0.25, 0.3) is 0 Å². The van der Waals surface area contributed by atoms with Gasteiger partial charge in [-0.2, -0.15) is 0 Å². The third-order valence-electron chi connectivity index (χ3n) is 3.11. The van der Waals surface area contributed by atoms with Crippen molar-refractivity contribution in [3.63, 3.8) is 0 Å². The van der Waals surface area contributed by atoms with E-state index in [1.165, 1.54) is 7.11 Å². The molecule has 2 saturated heterocycles. The van der Waals surface area contributed by atoms with Crippen molar-refractivity contribution in [1.29, 1.82) is 0 Å². The minimum absolute atomic E-state index is 0.182. The van der Waals surface area contributed by atoms with Crippen LogP contribution >= 0.6 is 0 Å². The molecule has 1 N–H and O–H groups in total. The lowest BCUT2D eigenvalue weighted by Crippen LogP contribution is -2.52. The van der Waals surface area contributed by atoms with E-state index in [4.69, 9.17) is 18.9 Å². The zero-order valence-electron chi connectivity index (χ0n) is 9.67. The maximum absolute atomic E-state index is 10.1. The molecule has 6 heteroatoms. The minimum Gasteiger partial charge on any atom is -0.386 e. The van der Waals surface area contributed by atoms with Crippen molar-refractivity contribution in [2.24, 2.45) is 0 Å². The van der Waals surface area contributed by atoms with Gasteiger partial charge in [0.15, 0.2) is 12.6 Å². The van der Waals surface area contributed by atoms with Crippen molar-refractivity contribution in [1.82, 2.24) is 4.90 Å². The third kappa shape index (κ3) is 2.22. The van der Waals surface area contributed by atoms with Crippen LogP contribution in [0.25, 0.3) is 0 Å². The largest absolute Gasteiger partial charge is 0.386 e. The van der Waals surface area contributed by atoms with Gasteiger partial charge in [0.05, 0.1) is 19.3 Å². The molecule has 16 heavy (non-hydrogen) atoms. The van der Waals surface area contributed by atoms with Crippen molar-refractivity contribution in [2.75, 3.05) is 40.5 Å². The molecule has 0 aromatic rings. The number of nitrogens with zero attached hydrogens (tertiary/aromatic N) is 1. The van der Waals surface area contributed by atoms with Gasteiger partial charge in [-0.3, -0.25) is 4.90 Å². The summed E-state index contributed by atoms with van der Waals surface area (Å²) >= 11 is 0. The van der Waals surface area contributed by atoms with Crippen LogP contribution in [0.5, 0.6) is 0 Å². The lowest BCUT2D eigenvalue weighted by molar-refractivity contribution is -0.203. The van der Waals surface area contributed by atoms with Gasteiger partial charge in [0.1, 0.15) is 6.10 Å². The Labute approximate surface area is 95.0 Å². The molecule has 6 nitrogen and oxygen atoms in total. The molecule has 2 aliphatic heterocycles. The summed E-state index contributed by atoms with van der Waals surface area (Å²) < 4.78 is 21.0. The predicted octanol–water partition coefficient (Wildman–Crippen LogP) is -0.977. The van der Waals surface area contributed by atoms with E-state index in [-0.39, 0.29) is 6.04 Å². The molecule has 94 valence electrons. The Balaban J connectivity index is 2.04. The summed E-state index contributed by atoms with van der Waals surface area (Å²) in [7, 11) is 3.09. The van der Waals surface area contributed by atoms with Gasteiger partial charge in [-0.05, 0) is 0 Å². The van der Waals surface area contributed by atoms with Crippen molar-refractivity contribution >= 4 is 0 Å². The first-order chi connectivity index (χ1) is 7.77. The molecule has 2 fully saturated rings. The standard InChI is InChI=1S/C10H19NO5/c1-13-9-7(8(12)10(14-2)16-9)11-3-5-15-6-4-11/h7-10,12H,3-6H2,1-2H3. The second kappa shape index (κ2) is 5.39. The van der Waals surface area contributed by atoms with Crippen LogP contribution in [0.2, 0.25) is 0 Å². The van der Waals surface area contributed by atoms with E-state index in [1.54, 1.807) is 7.11 Å². The predicted molar refractivity (Wildman–Crippen MR) is 54.9 cm³/mol. The summed E-state index contributed by atoms with van der Waals surface area (Å²) in [4.78, 5) is 2.13. The van der Waals surface area contributed by atoms with E-state index in [0.717, 1.165) is 13.1 Å². The van der Waals surface area contributed by atoms with Crippen LogP contribution in [-0.4, -0.2) is 75.3 Å². The fraction of sp³-hybridized carbons (Fsp3) is 1.00. The maximum atomic E-state index is 10.1. The number of aliphatic hydroxyl groups excluding tert-OH is 1. The molecule has 0 bridgehead atoms. The molecule has 2 heterocycles. The van der Waals surface area contributed by atoms with Crippen LogP contribution in [-0.2, 0) is 18.9 Å². The van der Waals surface area contributed by atoms with Crippen LogP contribution in [0.4, 0.5) is 0 Å². The Morgan fingerprint density at radius 1 is 1.12 bits per heavy atom. The number of hydrogen-bond acceptors (Lipinski definition) is 6. The highest BCUT2D eigenvalue weighted by molar-refractivity contribution is 4.90. The molecule has 2 rings (SSSR count). The Hall–Kier alpha value is -0.240. The lowest BCUT2D eigenvalue weighted by Gasteiger charge is -2.35. The Bertz CT molecular complexity index is 219. The van der Waals surface area contributed by atoms with Crippen LogP contribution < -0.4 is 0 Å². The van der Waals surface area contributed by atoms with Crippen LogP contribution in [0.15, 0.2) is 0 Å². The fourth-order valence-electron chi connectivity index (χ4n) is 2.27. The van der Waals surface area contributed by atoms with Gasteiger partial charge >= 0.3 is 0 Å². The summed E-state index contributed by atoms with van der Waals surface area (Å²) in [5, 5.41) is 10.1.